The first-order chi connectivity index (χ1) is 11.0. The largest absolute Gasteiger partial charge is 0.490 e. The topological polar surface area (TPSA) is 55.6 Å². The summed E-state index contributed by atoms with van der Waals surface area (Å²) in [6.07, 6.45) is 5.83. The highest BCUT2D eigenvalue weighted by atomic mass is 35.5. The molecule has 0 heterocycles. The summed E-state index contributed by atoms with van der Waals surface area (Å²) in [6.45, 7) is 4.89. The van der Waals surface area contributed by atoms with E-state index in [2.05, 4.69) is 13.8 Å². The summed E-state index contributed by atoms with van der Waals surface area (Å²) in [5.41, 5.74) is 6.74. The van der Waals surface area contributed by atoms with E-state index in [1.807, 2.05) is 31.3 Å². The third kappa shape index (κ3) is 5.99. The number of hydrogen-bond donors (Lipinski definition) is 1. The molecule has 0 aromatic heterocycles. The minimum absolute atomic E-state index is 0. The molecule has 0 saturated heterocycles. The Labute approximate surface area is 152 Å². The van der Waals surface area contributed by atoms with Gasteiger partial charge in [0.2, 0.25) is 0 Å². The van der Waals surface area contributed by atoms with Crippen molar-refractivity contribution in [1.82, 2.24) is 4.90 Å². The first kappa shape index (κ1) is 20.8. The number of carbonyl (C=O) groups excluding carboxylic acids is 1. The fourth-order valence-electron chi connectivity index (χ4n) is 2.90. The van der Waals surface area contributed by atoms with E-state index in [0.29, 0.717) is 24.1 Å². The van der Waals surface area contributed by atoms with Gasteiger partial charge in [-0.3, -0.25) is 4.79 Å². The summed E-state index contributed by atoms with van der Waals surface area (Å²) in [6, 6.07) is 7.67. The molecular weight excluding hydrogens is 324 g/mol. The Balaban J connectivity index is 0.00000288. The number of ether oxygens (including phenoxy) is 1. The van der Waals surface area contributed by atoms with Crippen LogP contribution in [0.15, 0.2) is 24.3 Å². The molecule has 1 unspecified atom stereocenters. The first-order valence-corrected chi connectivity index (χ1v) is 8.75. The third-order valence-electron chi connectivity index (χ3n) is 4.69. The standard InChI is InChI=1S/C19H30N2O2.ClH/c1-14(2)18(20)11-12-21(3)19(22)15-7-6-10-17(13-15)23-16-8-4-5-9-16;/h6-7,10,13-14,16,18H,4-5,8-9,11-12,20H2,1-3H3;1H. The van der Waals surface area contributed by atoms with Gasteiger partial charge in [0.05, 0.1) is 6.10 Å². The van der Waals surface area contributed by atoms with E-state index >= 15 is 0 Å². The van der Waals surface area contributed by atoms with Crippen LogP contribution in [0.5, 0.6) is 5.75 Å². The molecule has 1 amide bonds. The summed E-state index contributed by atoms with van der Waals surface area (Å²) in [5.74, 6) is 1.26. The van der Waals surface area contributed by atoms with Crippen molar-refractivity contribution in [2.24, 2.45) is 11.7 Å². The van der Waals surface area contributed by atoms with Crippen LogP contribution in [-0.4, -0.2) is 36.5 Å². The highest BCUT2D eigenvalue weighted by molar-refractivity contribution is 5.94. The Hall–Kier alpha value is -1.26. The van der Waals surface area contributed by atoms with Gasteiger partial charge in [0.15, 0.2) is 0 Å². The van der Waals surface area contributed by atoms with Crippen LogP contribution in [0.25, 0.3) is 0 Å². The van der Waals surface area contributed by atoms with Crippen molar-refractivity contribution in [2.45, 2.75) is 58.1 Å². The minimum Gasteiger partial charge on any atom is -0.490 e. The van der Waals surface area contributed by atoms with Gasteiger partial charge in [0, 0.05) is 25.2 Å². The van der Waals surface area contributed by atoms with Crippen molar-refractivity contribution in [3.05, 3.63) is 29.8 Å². The quantitative estimate of drug-likeness (QED) is 0.808. The number of rotatable bonds is 7. The van der Waals surface area contributed by atoms with Crippen LogP contribution in [0.2, 0.25) is 0 Å². The van der Waals surface area contributed by atoms with Gasteiger partial charge in [-0.2, -0.15) is 0 Å². The van der Waals surface area contributed by atoms with Crippen molar-refractivity contribution in [2.75, 3.05) is 13.6 Å². The predicted molar refractivity (Wildman–Crippen MR) is 101 cm³/mol. The molecule has 1 atom stereocenters. The molecule has 24 heavy (non-hydrogen) atoms. The van der Waals surface area contributed by atoms with Gasteiger partial charge >= 0.3 is 0 Å². The number of nitrogens with zero attached hydrogens (tertiary/aromatic N) is 1. The van der Waals surface area contributed by atoms with Gasteiger partial charge in [-0.25, -0.2) is 0 Å². The van der Waals surface area contributed by atoms with E-state index in [4.69, 9.17) is 10.5 Å². The van der Waals surface area contributed by atoms with Crippen LogP contribution in [0.1, 0.15) is 56.3 Å². The summed E-state index contributed by atoms with van der Waals surface area (Å²) in [5, 5.41) is 0. The molecule has 1 aromatic carbocycles. The Morgan fingerprint density at radius 3 is 2.62 bits per heavy atom. The lowest BCUT2D eigenvalue weighted by Gasteiger charge is -2.22. The second-order valence-electron chi connectivity index (χ2n) is 6.98. The summed E-state index contributed by atoms with van der Waals surface area (Å²) < 4.78 is 5.98. The number of benzene rings is 1. The van der Waals surface area contributed by atoms with Crippen molar-refractivity contribution >= 4 is 18.3 Å². The fourth-order valence-corrected chi connectivity index (χ4v) is 2.90. The van der Waals surface area contributed by atoms with Crippen LogP contribution in [-0.2, 0) is 0 Å². The van der Waals surface area contributed by atoms with E-state index < -0.39 is 0 Å². The zero-order valence-electron chi connectivity index (χ0n) is 15.0. The normalized spacial score (nSPS) is 15.9. The van der Waals surface area contributed by atoms with Gasteiger partial charge < -0.3 is 15.4 Å². The molecule has 2 N–H and O–H groups in total. The SMILES string of the molecule is CC(C)C(N)CCN(C)C(=O)c1cccc(OC2CCCC2)c1.Cl. The number of hydrogen-bond acceptors (Lipinski definition) is 3. The Morgan fingerprint density at radius 2 is 2.00 bits per heavy atom. The summed E-state index contributed by atoms with van der Waals surface area (Å²) in [7, 11) is 1.83. The maximum absolute atomic E-state index is 12.5. The molecule has 4 nitrogen and oxygen atoms in total. The van der Waals surface area contributed by atoms with E-state index in [1.54, 1.807) is 4.90 Å². The van der Waals surface area contributed by atoms with E-state index in [9.17, 15) is 4.79 Å². The monoisotopic (exact) mass is 354 g/mol. The van der Waals surface area contributed by atoms with E-state index in [1.165, 1.54) is 12.8 Å². The highest BCUT2D eigenvalue weighted by Gasteiger charge is 2.18. The molecule has 1 aliphatic carbocycles. The zero-order chi connectivity index (χ0) is 16.8. The lowest BCUT2D eigenvalue weighted by molar-refractivity contribution is 0.0788. The lowest BCUT2D eigenvalue weighted by Crippen LogP contribution is -2.34. The van der Waals surface area contributed by atoms with Crippen molar-refractivity contribution in [1.29, 1.82) is 0 Å². The Morgan fingerprint density at radius 1 is 1.33 bits per heavy atom. The van der Waals surface area contributed by atoms with Crippen LogP contribution in [0.3, 0.4) is 0 Å². The minimum atomic E-state index is 0. The summed E-state index contributed by atoms with van der Waals surface area (Å²) >= 11 is 0. The first-order valence-electron chi connectivity index (χ1n) is 8.75. The van der Waals surface area contributed by atoms with Gasteiger partial charge in [0.1, 0.15) is 5.75 Å². The molecular formula is C19H31ClN2O2. The maximum Gasteiger partial charge on any atom is 0.253 e. The van der Waals surface area contributed by atoms with Crippen molar-refractivity contribution in [3.8, 4) is 5.75 Å². The average Bonchev–Trinajstić information content (AvgIpc) is 3.04. The van der Waals surface area contributed by atoms with E-state index in [0.717, 1.165) is 25.0 Å². The van der Waals surface area contributed by atoms with Crippen LogP contribution in [0, 0.1) is 5.92 Å². The second kappa shape index (κ2) is 9.90. The molecule has 0 radical (unpaired) electrons. The summed E-state index contributed by atoms with van der Waals surface area (Å²) in [4.78, 5) is 14.3. The molecule has 0 bridgehead atoms. The number of carbonyl (C=O) groups is 1. The van der Waals surface area contributed by atoms with Gasteiger partial charge in [-0.15, -0.1) is 12.4 Å². The van der Waals surface area contributed by atoms with Gasteiger partial charge in [0.25, 0.3) is 5.91 Å². The Kier molecular flexibility index (Phi) is 8.57. The smallest absolute Gasteiger partial charge is 0.253 e. The number of amides is 1. The molecule has 0 aliphatic heterocycles. The molecule has 136 valence electrons. The molecule has 0 spiro atoms. The van der Waals surface area contributed by atoms with Crippen LogP contribution in [0.4, 0.5) is 0 Å². The molecule has 5 heteroatoms. The molecule has 1 aliphatic rings. The van der Waals surface area contributed by atoms with E-state index in [-0.39, 0.29) is 24.4 Å². The molecule has 2 rings (SSSR count). The average molecular weight is 355 g/mol. The maximum atomic E-state index is 12.5. The number of nitrogens with two attached hydrogens (primary N) is 1. The van der Waals surface area contributed by atoms with Crippen molar-refractivity contribution < 1.29 is 9.53 Å². The molecule has 1 fully saturated rings. The second-order valence-corrected chi connectivity index (χ2v) is 6.98. The Bertz CT molecular complexity index is 516. The lowest BCUT2D eigenvalue weighted by atomic mass is 10.0. The van der Waals surface area contributed by atoms with Crippen LogP contribution < -0.4 is 10.5 Å². The molecule has 1 saturated carbocycles. The van der Waals surface area contributed by atoms with Crippen LogP contribution >= 0.6 is 12.4 Å². The van der Waals surface area contributed by atoms with Gasteiger partial charge in [-0.05, 0) is 56.2 Å². The number of halogens is 1. The highest BCUT2D eigenvalue weighted by Crippen LogP contribution is 2.24. The zero-order valence-corrected chi connectivity index (χ0v) is 15.8. The fraction of sp³-hybridized carbons (Fsp3) is 0.632. The molecule has 1 aromatic rings. The van der Waals surface area contributed by atoms with Gasteiger partial charge in [-0.1, -0.05) is 19.9 Å². The third-order valence-corrected chi connectivity index (χ3v) is 4.69. The predicted octanol–water partition coefficient (Wildman–Crippen LogP) is 3.88. The van der Waals surface area contributed by atoms with Crippen molar-refractivity contribution in [3.63, 3.8) is 0 Å².